The summed E-state index contributed by atoms with van der Waals surface area (Å²) in [7, 11) is 0. The first-order chi connectivity index (χ1) is 4.88. The second kappa shape index (κ2) is 3.07. The molecule has 0 fully saturated rings. The van der Waals surface area contributed by atoms with Crippen molar-refractivity contribution in [1.82, 2.24) is 9.78 Å². The Morgan fingerprint density at radius 1 is 1.80 bits per heavy atom. The van der Waals surface area contributed by atoms with Crippen LogP contribution in [-0.2, 0) is 6.54 Å². The highest BCUT2D eigenvalue weighted by atomic mass is 15.3. The standard InChI is InChI=1S/C8H10N2/c1-3-7-10-8(4-2)5-6-9-10/h2,5-6H,3,7H2,1H3. The number of nitrogens with zero attached hydrogens (tertiary/aromatic N) is 2. The van der Waals surface area contributed by atoms with Gasteiger partial charge in [-0.2, -0.15) is 5.10 Å². The minimum Gasteiger partial charge on any atom is -0.257 e. The molecule has 0 spiro atoms. The van der Waals surface area contributed by atoms with Gasteiger partial charge < -0.3 is 0 Å². The van der Waals surface area contributed by atoms with Crippen LogP contribution in [0.25, 0.3) is 0 Å². The van der Waals surface area contributed by atoms with Gasteiger partial charge in [-0.1, -0.05) is 12.8 Å². The van der Waals surface area contributed by atoms with Gasteiger partial charge in [0.05, 0.1) is 6.20 Å². The van der Waals surface area contributed by atoms with E-state index in [4.69, 9.17) is 6.42 Å². The van der Waals surface area contributed by atoms with Crippen molar-refractivity contribution >= 4 is 0 Å². The summed E-state index contributed by atoms with van der Waals surface area (Å²) in [6.07, 6.45) is 8.01. The van der Waals surface area contributed by atoms with Gasteiger partial charge in [-0.25, -0.2) is 0 Å². The van der Waals surface area contributed by atoms with Gasteiger partial charge in [0.25, 0.3) is 0 Å². The highest BCUT2D eigenvalue weighted by molar-refractivity contribution is 5.22. The van der Waals surface area contributed by atoms with Crippen LogP contribution in [0.1, 0.15) is 19.0 Å². The zero-order chi connectivity index (χ0) is 7.40. The van der Waals surface area contributed by atoms with E-state index in [2.05, 4.69) is 17.9 Å². The van der Waals surface area contributed by atoms with E-state index < -0.39 is 0 Å². The van der Waals surface area contributed by atoms with Gasteiger partial charge in [0.15, 0.2) is 0 Å². The molecule has 10 heavy (non-hydrogen) atoms. The topological polar surface area (TPSA) is 17.8 Å². The van der Waals surface area contributed by atoms with Crippen molar-refractivity contribution in [1.29, 1.82) is 0 Å². The lowest BCUT2D eigenvalue weighted by atomic mass is 10.4. The lowest BCUT2D eigenvalue weighted by molar-refractivity contribution is 0.597. The van der Waals surface area contributed by atoms with Crippen molar-refractivity contribution in [2.45, 2.75) is 19.9 Å². The third-order valence-corrected chi connectivity index (χ3v) is 1.30. The smallest absolute Gasteiger partial charge is 0.110 e. The number of aryl methyl sites for hydroxylation is 1. The molecule has 0 aromatic carbocycles. The number of hydrogen-bond donors (Lipinski definition) is 0. The maximum absolute atomic E-state index is 5.21. The first-order valence-corrected chi connectivity index (χ1v) is 3.37. The Kier molecular flexibility index (Phi) is 2.11. The molecule has 0 saturated carbocycles. The second-order valence-electron chi connectivity index (χ2n) is 2.08. The van der Waals surface area contributed by atoms with Crippen molar-refractivity contribution in [2.24, 2.45) is 0 Å². The normalized spacial score (nSPS) is 9.20. The van der Waals surface area contributed by atoms with Crippen LogP contribution in [0.4, 0.5) is 0 Å². The molecule has 0 aliphatic rings. The molecule has 0 bridgehead atoms. The Bertz CT molecular complexity index is 242. The summed E-state index contributed by atoms with van der Waals surface area (Å²) in [6, 6.07) is 1.84. The predicted molar refractivity (Wildman–Crippen MR) is 40.5 cm³/mol. The van der Waals surface area contributed by atoms with E-state index in [9.17, 15) is 0 Å². The maximum atomic E-state index is 5.21. The molecule has 1 rings (SSSR count). The third-order valence-electron chi connectivity index (χ3n) is 1.30. The first kappa shape index (κ1) is 6.88. The van der Waals surface area contributed by atoms with Crippen molar-refractivity contribution in [3.05, 3.63) is 18.0 Å². The van der Waals surface area contributed by atoms with E-state index >= 15 is 0 Å². The predicted octanol–water partition coefficient (Wildman–Crippen LogP) is 1.27. The SMILES string of the molecule is C#Cc1ccnn1CCC. The van der Waals surface area contributed by atoms with Gasteiger partial charge in [-0.15, -0.1) is 6.42 Å². The van der Waals surface area contributed by atoms with Crippen LogP contribution in [0, 0.1) is 12.3 Å². The monoisotopic (exact) mass is 134 g/mol. The van der Waals surface area contributed by atoms with E-state index in [1.807, 2.05) is 10.7 Å². The summed E-state index contributed by atoms with van der Waals surface area (Å²) < 4.78 is 1.83. The fraction of sp³-hybridized carbons (Fsp3) is 0.375. The Labute approximate surface area is 60.9 Å². The summed E-state index contributed by atoms with van der Waals surface area (Å²) in [5.41, 5.74) is 0.863. The number of rotatable bonds is 2. The van der Waals surface area contributed by atoms with E-state index in [1.54, 1.807) is 6.20 Å². The summed E-state index contributed by atoms with van der Waals surface area (Å²) in [5.74, 6) is 2.56. The lowest BCUT2D eigenvalue weighted by Crippen LogP contribution is -2.00. The van der Waals surface area contributed by atoms with E-state index in [1.165, 1.54) is 0 Å². The number of aromatic nitrogens is 2. The molecule has 1 heterocycles. The summed E-state index contributed by atoms with van der Waals surface area (Å²) in [5, 5.41) is 4.05. The number of terminal acetylenes is 1. The van der Waals surface area contributed by atoms with Gasteiger partial charge in [0.2, 0.25) is 0 Å². The molecule has 1 aromatic rings. The molecule has 2 heteroatoms. The fourth-order valence-corrected chi connectivity index (χ4v) is 0.845. The fourth-order valence-electron chi connectivity index (χ4n) is 0.845. The molecule has 1 aromatic heterocycles. The highest BCUT2D eigenvalue weighted by Gasteiger charge is 1.94. The van der Waals surface area contributed by atoms with Crippen molar-refractivity contribution in [3.63, 3.8) is 0 Å². The van der Waals surface area contributed by atoms with Crippen LogP contribution in [0.3, 0.4) is 0 Å². The average Bonchev–Trinajstić information content (AvgIpc) is 2.36. The van der Waals surface area contributed by atoms with Gasteiger partial charge >= 0.3 is 0 Å². The molecule has 2 nitrogen and oxygen atoms in total. The first-order valence-electron chi connectivity index (χ1n) is 3.37. The largest absolute Gasteiger partial charge is 0.257 e. The molecule has 0 radical (unpaired) electrons. The lowest BCUT2D eigenvalue weighted by Gasteiger charge is -1.97. The van der Waals surface area contributed by atoms with Crippen LogP contribution in [-0.4, -0.2) is 9.78 Å². The Balaban J connectivity index is 2.82. The quantitative estimate of drug-likeness (QED) is 0.557. The molecular weight excluding hydrogens is 124 g/mol. The van der Waals surface area contributed by atoms with Crippen molar-refractivity contribution in [2.75, 3.05) is 0 Å². The number of hydrogen-bond acceptors (Lipinski definition) is 1. The second-order valence-corrected chi connectivity index (χ2v) is 2.08. The molecular formula is C8H10N2. The molecule has 0 saturated heterocycles. The Hall–Kier alpha value is -1.23. The van der Waals surface area contributed by atoms with Gasteiger partial charge in [-0.05, 0) is 12.5 Å². The van der Waals surface area contributed by atoms with Crippen LogP contribution in [0.5, 0.6) is 0 Å². The highest BCUT2D eigenvalue weighted by Crippen LogP contribution is 1.96. The minimum atomic E-state index is 0.863. The van der Waals surface area contributed by atoms with Crippen LogP contribution < -0.4 is 0 Å². The van der Waals surface area contributed by atoms with E-state index in [0.717, 1.165) is 18.7 Å². The minimum absolute atomic E-state index is 0.863. The molecule has 0 unspecified atom stereocenters. The van der Waals surface area contributed by atoms with E-state index in [-0.39, 0.29) is 0 Å². The molecule has 0 aliphatic carbocycles. The van der Waals surface area contributed by atoms with Crippen molar-refractivity contribution < 1.29 is 0 Å². The molecule has 0 aliphatic heterocycles. The molecule has 0 amide bonds. The van der Waals surface area contributed by atoms with Crippen LogP contribution in [0.2, 0.25) is 0 Å². The Morgan fingerprint density at radius 3 is 3.20 bits per heavy atom. The molecule has 52 valence electrons. The average molecular weight is 134 g/mol. The Morgan fingerprint density at radius 2 is 2.60 bits per heavy atom. The van der Waals surface area contributed by atoms with Gasteiger partial charge in [0.1, 0.15) is 5.69 Å². The maximum Gasteiger partial charge on any atom is 0.110 e. The third kappa shape index (κ3) is 1.19. The summed E-state index contributed by atoms with van der Waals surface area (Å²) in [4.78, 5) is 0. The summed E-state index contributed by atoms with van der Waals surface area (Å²) in [6.45, 7) is 3.01. The van der Waals surface area contributed by atoms with Gasteiger partial charge in [-0.3, -0.25) is 4.68 Å². The van der Waals surface area contributed by atoms with Crippen LogP contribution >= 0.6 is 0 Å². The van der Waals surface area contributed by atoms with Crippen molar-refractivity contribution in [3.8, 4) is 12.3 Å². The summed E-state index contributed by atoms with van der Waals surface area (Å²) >= 11 is 0. The van der Waals surface area contributed by atoms with Gasteiger partial charge in [0, 0.05) is 6.54 Å². The zero-order valence-electron chi connectivity index (χ0n) is 6.04. The molecule has 0 N–H and O–H groups in total. The molecule has 0 atom stereocenters. The van der Waals surface area contributed by atoms with Crippen LogP contribution in [0.15, 0.2) is 12.3 Å². The zero-order valence-corrected chi connectivity index (χ0v) is 6.04. The van der Waals surface area contributed by atoms with E-state index in [0.29, 0.717) is 0 Å².